The van der Waals surface area contributed by atoms with Crippen molar-refractivity contribution in [2.24, 2.45) is 0 Å². The smallest absolute Gasteiger partial charge is 0.343 e. The quantitative estimate of drug-likeness (QED) is 0.769. The van der Waals surface area contributed by atoms with Crippen LogP contribution in [0.15, 0.2) is 23.3 Å². The molecule has 6 heteroatoms. The van der Waals surface area contributed by atoms with Gasteiger partial charge in [0.05, 0.1) is 0 Å². The molecular formula is C15H24N4O2. The van der Waals surface area contributed by atoms with Gasteiger partial charge in [0, 0.05) is 38.6 Å². The van der Waals surface area contributed by atoms with Crippen molar-refractivity contribution >= 4 is 5.91 Å². The minimum Gasteiger partial charge on any atom is -0.343 e. The molecule has 21 heavy (non-hydrogen) atoms. The maximum atomic E-state index is 12.1. The molecule has 0 spiro atoms. The minimum atomic E-state index is -0.387. The second kappa shape index (κ2) is 7.36. The first kappa shape index (κ1) is 15.7. The van der Waals surface area contributed by atoms with Crippen LogP contribution in [0.25, 0.3) is 0 Å². The Morgan fingerprint density at radius 2 is 2.05 bits per heavy atom. The summed E-state index contributed by atoms with van der Waals surface area (Å²) in [5, 5.41) is 0. The normalized spacial score (nSPS) is 15.6. The number of rotatable bonds is 6. The van der Waals surface area contributed by atoms with E-state index in [1.807, 2.05) is 0 Å². The van der Waals surface area contributed by atoms with Gasteiger partial charge in [0.15, 0.2) is 0 Å². The molecule has 6 nitrogen and oxygen atoms in total. The lowest BCUT2D eigenvalue weighted by Crippen LogP contribution is -2.40. The molecule has 0 saturated heterocycles. The van der Waals surface area contributed by atoms with Crippen molar-refractivity contribution < 1.29 is 4.79 Å². The summed E-state index contributed by atoms with van der Waals surface area (Å²) in [6.07, 6.45) is 8.18. The second-order valence-electron chi connectivity index (χ2n) is 5.76. The van der Waals surface area contributed by atoms with Gasteiger partial charge in [-0.15, -0.1) is 0 Å². The van der Waals surface area contributed by atoms with E-state index < -0.39 is 0 Å². The van der Waals surface area contributed by atoms with E-state index in [9.17, 15) is 9.59 Å². The van der Waals surface area contributed by atoms with Gasteiger partial charge in [0.2, 0.25) is 5.91 Å². The van der Waals surface area contributed by atoms with E-state index in [0.29, 0.717) is 12.6 Å². The number of carbonyl (C=O) groups excluding carboxylic acids is 1. The number of hydrogen-bond donors (Lipinski definition) is 0. The van der Waals surface area contributed by atoms with Gasteiger partial charge >= 0.3 is 5.69 Å². The van der Waals surface area contributed by atoms with E-state index in [2.05, 4.69) is 16.9 Å². The number of amides is 1. The van der Waals surface area contributed by atoms with Crippen LogP contribution in [-0.4, -0.2) is 58.5 Å². The van der Waals surface area contributed by atoms with Gasteiger partial charge in [-0.2, -0.15) is 0 Å². The lowest BCUT2D eigenvalue weighted by molar-refractivity contribution is -0.130. The monoisotopic (exact) mass is 292 g/mol. The first-order chi connectivity index (χ1) is 10.1. The average molecular weight is 292 g/mol. The molecule has 1 amide bonds. The van der Waals surface area contributed by atoms with Crippen molar-refractivity contribution in [1.82, 2.24) is 19.4 Å². The van der Waals surface area contributed by atoms with Gasteiger partial charge in [-0.25, -0.2) is 9.78 Å². The van der Waals surface area contributed by atoms with Crippen molar-refractivity contribution in [2.75, 3.05) is 27.2 Å². The van der Waals surface area contributed by atoms with E-state index in [0.717, 1.165) is 6.54 Å². The maximum absolute atomic E-state index is 12.1. The van der Waals surface area contributed by atoms with E-state index in [-0.39, 0.29) is 18.1 Å². The van der Waals surface area contributed by atoms with Crippen LogP contribution in [-0.2, 0) is 11.3 Å². The zero-order valence-electron chi connectivity index (χ0n) is 12.9. The van der Waals surface area contributed by atoms with Gasteiger partial charge in [-0.3, -0.25) is 9.36 Å². The highest BCUT2D eigenvalue weighted by Crippen LogP contribution is 2.21. The predicted octanol–water partition coefficient (Wildman–Crippen LogP) is 0.576. The summed E-state index contributed by atoms with van der Waals surface area (Å²) in [6.45, 7) is 1.60. The van der Waals surface area contributed by atoms with Crippen LogP contribution in [0.3, 0.4) is 0 Å². The first-order valence-corrected chi connectivity index (χ1v) is 7.53. The molecule has 2 rings (SSSR count). The first-order valence-electron chi connectivity index (χ1n) is 7.53. The van der Waals surface area contributed by atoms with E-state index >= 15 is 0 Å². The molecule has 1 saturated carbocycles. The lowest BCUT2D eigenvalue weighted by atomic mass is 10.2. The third-order valence-electron chi connectivity index (χ3n) is 4.25. The Balaban J connectivity index is 1.79. The highest BCUT2D eigenvalue weighted by atomic mass is 16.2. The molecule has 1 aromatic heterocycles. The standard InChI is InChI=1S/C15H24N4O2/c1-17(13-6-3-4-7-13)10-11-18(2)14(20)12-19-9-5-8-16-15(19)21/h5,8-9,13H,3-4,6-7,10-12H2,1-2H3. The van der Waals surface area contributed by atoms with Crippen LogP contribution in [0.4, 0.5) is 0 Å². The van der Waals surface area contributed by atoms with Crippen LogP contribution in [0, 0.1) is 0 Å². The van der Waals surface area contributed by atoms with Crippen LogP contribution >= 0.6 is 0 Å². The molecule has 0 aliphatic heterocycles. The molecule has 0 N–H and O–H groups in total. The van der Waals surface area contributed by atoms with Crippen LogP contribution in [0.5, 0.6) is 0 Å². The molecule has 0 atom stereocenters. The van der Waals surface area contributed by atoms with Gasteiger partial charge < -0.3 is 9.80 Å². The molecule has 0 bridgehead atoms. The summed E-state index contributed by atoms with van der Waals surface area (Å²) in [5.41, 5.74) is -0.387. The highest BCUT2D eigenvalue weighted by Gasteiger charge is 2.20. The summed E-state index contributed by atoms with van der Waals surface area (Å²) in [7, 11) is 3.91. The third kappa shape index (κ3) is 4.39. The van der Waals surface area contributed by atoms with Crippen LogP contribution in [0.2, 0.25) is 0 Å². The third-order valence-corrected chi connectivity index (χ3v) is 4.25. The Labute approximate surface area is 125 Å². The minimum absolute atomic E-state index is 0.0519. The zero-order valence-corrected chi connectivity index (χ0v) is 12.9. The van der Waals surface area contributed by atoms with E-state index in [1.54, 1.807) is 24.2 Å². The zero-order chi connectivity index (χ0) is 15.2. The van der Waals surface area contributed by atoms with Gasteiger partial charge in [-0.1, -0.05) is 12.8 Å². The molecule has 1 aliphatic rings. The summed E-state index contributed by atoms with van der Waals surface area (Å²) in [5.74, 6) is -0.0649. The summed E-state index contributed by atoms with van der Waals surface area (Å²) >= 11 is 0. The van der Waals surface area contributed by atoms with Crippen molar-refractivity contribution in [3.63, 3.8) is 0 Å². The summed E-state index contributed by atoms with van der Waals surface area (Å²) in [4.78, 5) is 31.3. The topological polar surface area (TPSA) is 58.4 Å². The lowest BCUT2D eigenvalue weighted by Gasteiger charge is -2.26. The Kier molecular flexibility index (Phi) is 5.50. The van der Waals surface area contributed by atoms with Crippen molar-refractivity contribution in [1.29, 1.82) is 0 Å². The van der Waals surface area contributed by atoms with E-state index in [4.69, 9.17) is 0 Å². The Bertz CT molecular complexity index is 522. The number of carbonyl (C=O) groups is 1. The Morgan fingerprint density at radius 3 is 2.71 bits per heavy atom. The van der Waals surface area contributed by atoms with Crippen molar-refractivity contribution in [3.8, 4) is 0 Å². The second-order valence-corrected chi connectivity index (χ2v) is 5.76. The fourth-order valence-corrected chi connectivity index (χ4v) is 2.73. The van der Waals surface area contributed by atoms with Crippen LogP contribution in [0.1, 0.15) is 25.7 Å². The fraction of sp³-hybridized carbons (Fsp3) is 0.667. The van der Waals surface area contributed by atoms with Gasteiger partial charge in [0.25, 0.3) is 0 Å². The van der Waals surface area contributed by atoms with Gasteiger partial charge in [-0.05, 0) is 26.0 Å². The molecule has 0 aromatic carbocycles. The SMILES string of the molecule is CN(CCN(C)C1CCCC1)C(=O)Cn1cccnc1=O. The molecule has 1 aromatic rings. The highest BCUT2D eigenvalue weighted by molar-refractivity contribution is 5.75. The predicted molar refractivity (Wildman–Crippen MR) is 81.0 cm³/mol. The summed E-state index contributed by atoms with van der Waals surface area (Å²) in [6, 6.07) is 2.32. The molecule has 0 radical (unpaired) electrons. The molecule has 1 heterocycles. The molecular weight excluding hydrogens is 268 g/mol. The molecule has 0 unspecified atom stereocenters. The fourth-order valence-electron chi connectivity index (χ4n) is 2.73. The average Bonchev–Trinajstić information content (AvgIpc) is 3.01. The Morgan fingerprint density at radius 1 is 1.33 bits per heavy atom. The van der Waals surface area contributed by atoms with Crippen molar-refractivity contribution in [3.05, 3.63) is 28.9 Å². The maximum Gasteiger partial charge on any atom is 0.347 e. The summed E-state index contributed by atoms with van der Waals surface area (Å²) < 4.78 is 1.33. The van der Waals surface area contributed by atoms with E-state index in [1.165, 1.54) is 36.4 Å². The van der Waals surface area contributed by atoms with Gasteiger partial charge in [0.1, 0.15) is 6.54 Å². The number of aromatic nitrogens is 2. The molecule has 1 fully saturated rings. The van der Waals surface area contributed by atoms with Crippen LogP contribution < -0.4 is 5.69 Å². The molecule has 116 valence electrons. The number of hydrogen-bond acceptors (Lipinski definition) is 4. The largest absolute Gasteiger partial charge is 0.347 e. The van der Waals surface area contributed by atoms with Crippen molar-refractivity contribution in [2.45, 2.75) is 38.3 Å². The number of likely N-dealkylation sites (N-methyl/N-ethyl adjacent to an activating group) is 2. The molecule has 1 aliphatic carbocycles. The number of nitrogens with zero attached hydrogens (tertiary/aromatic N) is 4. The Hall–Kier alpha value is -1.69.